The number of imide groups is 1. The zero-order chi connectivity index (χ0) is 22.1. The molecule has 0 fully saturated rings. The molecule has 0 saturated carbocycles. The molecule has 3 heterocycles. The molecule has 1 aliphatic heterocycles. The highest BCUT2D eigenvalue weighted by Gasteiger charge is 2.35. The molecule has 2 N–H and O–H groups in total. The summed E-state index contributed by atoms with van der Waals surface area (Å²) in [6.45, 7) is 0.618. The van der Waals surface area contributed by atoms with Crippen LogP contribution in [0.2, 0.25) is 0 Å². The SMILES string of the molecule is COc1cccc2c1c1c3c(c4c(ccc5ccn(C)c54)c1n2CCCO)C(=O)NC3=O. The topological polar surface area (TPSA) is 85.5 Å². The Morgan fingerprint density at radius 3 is 2.50 bits per heavy atom. The van der Waals surface area contributed by atoms with Gasteiger partial charge in [0.05, 0.1) is 40.2 Å². The lowest BCUT2D eigenvalue weighted by molar-refractivity contribution is 0.0880. The molecule has 5 aromatic rings. The Labute approximate surface area is 182 Å². The van der Waals surface area contributed by atoms with Crippen molar-refractivity contribution in [2.45, 2.75) is 13.0 Å². The minimum atomic E-state index is -0.393. The van der Waals surface area contributed by atoms with Gasteiger partial charge in [-0.15, -0.1) is 0 Å². The maximum Gasteiger partial charge on any atom is 0.259 e. The smallest absolute Gasteiger partial charge is 0.259 e. The zero-order valence-electron chi connectivity index (χ0n) is 17.7. The van der Waals surface area contributed by atoms with Crippen molar-refractivity contribution in [2.75, 3.05) is 13.7 Å². The van der Waals surface area contributed by atoms with Crippen molar-refractivity contribution in [2.24, 2.45) is 7.05 Å². The van der Waals surface area contributed by atoms with E-state index in [0.29, 0.717) is 29.8 Å². The van der Waals surface area contributed by atoms with Crippen LogP contribution in [0.5, 0.6) is 5.75 Å². The molecule has 32 heavy (non-hydrogen) atoms. The Balaban J connectivity index is 1.98. The zero-order valence-corrected chi connectivity index (χ0v) is 17.7. The van der Waals surface area contributed by atoms with Gasteiger partial charge in [-0.25, -0.2) is 0 Å². The number of ether oxygens (including phenoxy) is 1. The van der Waals surface area contributed by atoms with Crippen molar-refractivity contribution in [3.05, 3.63) is 53.7 Å². The number of nitrogens with zero attached hydrogens (tertiary/aromatic N) is 2. The number of carbonyl (C=O) groups excluding carboxylic acids is 2. The first-order valence-corrected chi connectivity index (χ1v) is 10.6. The van der Waals surface area contributed by atoms with Crippen molar-refractivity contribution in [1.29, 1.82) is 0 Å². The number of hydrogen-bond acceptors (Lipinski definition) is 4. The molecular weight excluding hydrogens is 406 g/mol. The van der Waals surface area contributed by atoms with Gasteiger partial charge in [-0.1, -0.05) is 18.2 Å². The summed E-state index contributed by atoms with van der Waals surface area (Å²) >= 11 is 0. The largest absolute Gasteiger partial charge is 0.496 e. The molecule has 7 heteroatoms. The van der Waals surface area contributed by atoms with Crippen LogP contribution in [0.25, 0.3) is 43.5 Å². The Morgan fingerprint density at radius 1 is 0.969 bits per heavy atom. The number of amides is 2. The number of benzene rings is 3. The first-order valence-electron chi connectivity index (χ1n) is 10.6. The molecule has 0 radical (unpaired) electrons. The molecular formula is C25H21N3O4. The standard InChI is InChI=1S/C25H21N3O4/c1-27-11-9-13-7-8-14-17(22(13)27)20-21(25(31)26-24(20)30)19-18-15(5-3-6-16(18)32-2)28(23(14)19)10-4-12-29/h3,5-9,11,29H,4,10,12H2,1-2H3,(H,26,30,31). The molecule has 0 saturated heterocycles. The Bertz CT molecular complexity index is 1620. The molecule has 0 aliphatic carbocycles. The van der Waals surface area contributed by atoms with Crippen LogP contribution in [-0.2, 0) is 13.6 Å². The molecule has 0 spiro atoms. The number of aromatic nitrogens is 2. The predicted octanol–water partition coefficient (Wildman–Crippen LogP) is 3.71. The van der Waals surface area contributed by atoms with Gasteiger partial charge in [-0.3, -0.25) is 14.9 Å². The van der Waals surface area contributed by atoms with E-state index < -0.39 is 5.91 Å². The van der Waals surface area contributed by atoms with Crippen LogP contribution in [-0.4, -0.2) is 39.8 Å². The van der Waals surface area contributed by atoms with E-state index in [1.54, 1.807) is 7.11 Å². The lowest BCUT2D eigenvalue weighted by Crippen LogP contribution is -2.20. The lowest BCUT2D eigenvalue weighted by Gasteiger charge is -2.13. The highest BCUT2D eigenvalue weighted by atomic mass is 16.5. The third-order valence-corrected chi connectivity index (χ3v) is 6.54. The summed E-state index contributed by atoms with van der Waals surface area (Å²) in [6, 6.07) is 11.8. The quantitative estimate of drug-likeness (QED) is 0.428. The van der Waals surface area contributed by atoms with Crippen LogP contribution >= 0.6 is 0 Å². The van der Waals surface area contributed by atoms with Crippen molar-refractivity contribution in [3.8, 4) is 5.75 Å². The average molecular weight is 427 g/mol. The van der Waals surface area contributed by atoms with Crippen molar-refractivity contribution >= 4 is 55.3 Å². The summed E-state index contributed by atoms with van der Waals surface area (Å²) in [5.74, 6) is -0.129. The van der Waals surface area contributed by atoms with E-state index in [-0.39, 0.29) is 12.5 Å². The summed E-state index contributed by atoms with van der Waals surface area (Å²) in [5, 5.41) is 16.3. The molecule has 160 valence electrons. The van der Waals surface area contributed by atoms with Gasteiger partial charge in [0.15, 0.2) is 0 Å². The Morgan fingerprint density at radius 2 is 1.75 bits per heavy atom. The number of carbonyl (C=O) groups is 2. The number of aliphatic hydroxyl groups excluding tert-OH is 1. The summed E-state index contributed by atoms with van der Waals surface area (Å²) < 4.78 is 9.80. The first-order chi connectivity index (χ1) is 15.6. The maximum absolute atomic E-state index is 13.1. The number of hydrogen-bond donors (Lipinski definition) is 2. The molecule has 6 rings (SSSR count). The van der Waals surface area contributed by atoms with Crippen molar-refractivity contribution in [1.82, 2.24) is 14.5 Å². The van der Waals surface area contributed by atoms with Crippen LogP contribution in [0.3, 0.4) is 0 Å². The van der Waals surface area contributed by atoms with Crippen LogP contribution < -0.4 is 10.1 Å². The van der Waals surface area contributed by atoms with E-state index in [9.17, 15) is 14.7 Å². The number of fused-ring (bicyclic) bond motifs is 10. The molecule has 0 bridgehead atoms. The fraction of sp³-hybridized carbons (Fsp3) is 0.200. The maximum atomic E-state index is 13.1. The van der Waals surface area contributed by atoms with Gasteiger partial charge in [0.2, 0.25) is 0 Å². The number of aliphatic hydroxyl groups is 1. The average Bonchev–Trinajstić information content (AvgIpc) is 3.43. The number of aryl methyl sites for hydroxylation is 2. The van der Waals surface area contributed by atoms with Gasteiger partial charge in [0, 0.05) is 47.9 Å². The molecule has 2 aromatic heterocycles. The van der Waals surface area contributed by atoms with Crippen LogP contribution in [0.1, 0.15) is 27.1 Å². The fourth-order valence-corrected chi connectivity index (χ4v) is 5.30. The van der Waals surface area contributed by atoms with Crippen molar-refractivity contribution in [3.63, 3.8) is 0 Å². The molecule has 3 aromatic carbocycles. The minimum Gasteiger partial charge on any atom is -0.496 e. The van der Waals surface area contributed by atoms with Gasteiger partial charge in [-0.2, -0.15) is 0 Å². The predicted molar refractivity (Wildman–Crippen MR) is 123 cm³/mol. The highest BCUT2D eigenvalue weighted by molar-refractivity contribution is 6.39. The molecule has 2 amide bonds. The van der Waals surface area contributed by atoms with Crippen LogP contribution in [0.15, 0.2) is 42.6 Å². The fourth-order valence-electron chi connectivity index (χ4n) is 5.30. The normalized spacial score (nSPS) is 13.6. The second-order valence-electron chi connectivity index (χ2n) is 8.19. The summed E-state index contributed by atoms with van der Waals surface area (Å²) in [4.78, 5) is 26.2. The van der Waals surface area contributed by atoms with E-state index in [2.05, 4.69) is 9.88 Å². The minimum absolute atomic E-state index is 0.0506. The van der Waals surface area contributed by atoms with Gasteiger partial charge < -0.3 is 19.0 Å². The molecule has 0 unspecified atom stereocenters. The summed E-state index contributed by atoms with van der Waals surface area (Å²) in [7, 11) is 3.54. The molecule has 7 nitrogen and oxygen atoms in total. The monoisotopic (exact) mass is 427 g/mol. The third kappa shape index (κ3) is 2.23. The van der Waals surface area contributed by atoms with Gasteiger partial charge in [0.25, 0.3) is 11.8 Å². The number of rotatable bonds is 4. The van der Waals surface area contributed by atoms with E-state index in [1.165, 1.54) is 0 Å². The van der Waals surface area contributed by atoms with E-state index in [4.69, 9.17) is 4.74 Å². The van der Waals surface area contributed by atoms with Gasteiger partial charge >= 0.3 is 0 Å². The van der Waals surface area contributed by atoms with Crippen molar-refractivity contribution < 1.29 is 19.4 Å². The number of nitrogens with one attached hydrogen (secondary N) is 1. The number of methoxy groups -OCH3 is 1. The van der Waals surface area contributed by atoms with Crippen LogP contribution in [0.4, 0.5) is 0 Å². The molecule has 1 aliphatic rings. The summed E-state index contributed by atoms with van der Waals surface area (Å²) in [5.41, 5.74) is 3.50. The Hall–Kier alpha value is -3.84. The Kier molecular flexibility index (Phi) is 3.88. The van der Waals surface area contributed by atoms with Gasteiger partial charge in [0.1, 0.15) is 5.75 Å². The van der Waals surface area contributed by atoms with E-state index in [0.717, 1.165) is 43.5 Å². The molecule has 0 atom stereocenters. The highest BCUT2D eigenvalue weighted by Crippen LogP contribution is 2.45. The lowest BCUT2D eigenvalue weighted by atomic mass is 9.93. The second kappa shape index (κ2) is 6.58. The first kappa shape index (κ1) is 18.9. The van der Waals surface area contributed by atoms with Gasteiger partial charge in [-0.05, 0) is 24.6 Å². The second-order valence-corrected chi connectivity index (χ2v) is 8.19. The van der Waals surface area contributed by atoms with E-state index in [1.807, 2.05) is 54.2 Å². The summed E-state index contributed by atoms with van der Waals surface area (Å²) in [6.07, 6.45) is 2.52. The third-order valence-electron chi connectivity index (χ3n) is 6.54. The van der Waals surface area contributed by atoms with Crippen LogP contribution in [0, 0.1) is 0 Å². The van der Waals surface area contributed by atoms with E-state index >= 15 is 0 Å².